The standard InChI is InChI=1S/C26H24ClN7O2S.2ClH/c27-19-12-17(4-5-22(19)36-21-2-1-3-23-18(21)14-32-37-23)33-25-24-20(30-15-31-25)7-10-34(24)11-9-29-26(35)16-6-8-28-13-16;;/h1-5,7,10,12,14-16,28H,6,8-9,11,13H2,(H,29,35)(H,30,31,33);2*1H. The largest absolute Gasteiger partial charge is 0.455 e. The van der Waals surface area contributed by atoms with E-state index in [2.05, 4.69) is 30.3 Å². The molecule has 1 aliphatic heterocycles. The second-order valence-electron chi connectivity index (χ2n) is 8.81. The topological polar surface area (TPSA) is 106 Å². The molecular formula is C26H26Cl3N7O2S. The molecule has 3 N–H and O–H groups in total. The fraction of sp³-hybridized carbons (Fsp3) is 0.231. The molecule has 13 heteroatoms. The number of benzene rings is 2. The number of rotatable bonds is 8. The lowest BCUT2D eigenvalue weighted by Crippen LogP contribution is -2.34. The lowest BCUT2D eigenvalue weighted by atomic mass is 10.1. The minimum absolute atomic E-state index is 0. The third-order valence-corrected chi connectivity index (χ3v) is 7.47. The molecule has 1 saturated heterocycles. The molecule has 1 fully saturated rings. The van der Waals surface area contributed by atoms with Crippen molar-refractivity contribution in [3.05, 3.63) is 66.2 Å². The zero-order valence-electron chi connectivity index (χ0n) is 20.6. The van der Waals surface area contributed by atoms with E-state index in [4.69, 9.17) is 16.3 Å². The maximum atomic E-state index is 12.3. The number of carbonyl (C=O) groups excluding carboxylic acids is 1. The van der Waals surface area contributed by atoms with Crippen LogP contribution in [0.1, 0.15) is 6.42 Å². The van der Waals surface area contributed by atoms with Crippen LogP contribution in [-0.2, 0) is 11.3 Å². The van der Waals surface area contributed by atoms with Gasteiger partial charge in [-0.05, 0) is 60.9 Å². The van der Waals surface area contributed by atoms with Crippen LogP contribution < -0.4 is 20.7 Å². The van der Waals surface area contributed by atoms with Crippen LogP contribution in [-0.4, -0.2) is 44.5 Å². The predicted octanol–water partition coefficient (Wildman–Crippen LogP) is 5.80. The van der Waals surface area contributed by atoms with E-state index in [1.54, 1.807) is 12.3 Å². The van der Waals surface area contributed by atoms with Gasteiger partial charge in [-0.1, -0.05) is 17.7 Å². The summed E-state index contributed by atoms with van der Waals surface area (Å²) in [4.78, 5) is 21.2. The first-order valence-electron chi connectivity index (χ1n) is 12.0. The molecule has 3 aromatic heterocycles. The van der Waals surface area contributed by atoms with Gasteiger partial charge in [-0.25, -0.2) is 9.97 Å². The third kappa shape index (κ3) is 6.21. The molecule has 2 aromatic carbocycles. The number of nitrogens with zero attached hydrogens (tertiary/aromatic N) is 4. The molecule has 0 spiro atoms. The van der Waals surface area contributed by atoms with Crippen molar-refractivity contribution in [3.63, 3.8) is 0 Å². The Bertz CT molecular complexity index is 1590. The molecule has 1 amide bonds. The van der Waals surface area contributed by atoms with Gasteiger partial charge in [-0.15, -0.1) is 24.8 Å². The predicted molar refractivity (Wildman–Crippen MR) is 160 cm³/mol. The second-order valence-corrected chi connectivity index (χ2v) is 10.1. The maximum absolute atomic E-state index is 12.3. The number of amides is 1. The van der Waals surface area contributed by atoms with Crippen LogP contribution in [0.4, 0.5) is 11.5 Å². The average Bonchev–Trinajstić information content (AvgIpc) is 3.67. The highest BCUT2D eigenvalue weighted by atomic mass is 35.5. The summed E-state index contributed by atoms with van der Waals surface area (Å²) in [5.74, 6) is 2.06. The zero-order chi connectivity index (χ0) is 25.2. The quantitative estimate of drug-likeness (QED) is 0.205. The molecule has 204 valence electrons. The van der Waals surface area contributed by atoms with E-state index in [0.717, 1.165) is 46.3 Å². The van der Waals surface area contributed by atoms with Gasteiger partial charge in [0.05, 0.1) is 32.7 Å². The first-order chi connectivity index (χ1) is 18.2. The lowest BCUT2D eigenvalue weighted by Gasteiger charge is -2.14. The van der Waals surface area contributed by atoms with Crippen molar-refractivity contribution in [1.29, 1.82) is 0 Å². The number of nitrogens with one attached hydrogen (secondary N) is 3. The Labute approximate surface area is 246 Å². The zero-order valence-corrected chi connectivity index (χ0v) is 23.8. The fourth-order valence-electron chi connectivity index (χ4n) is 4.50. The van der Waals surface area contributed by atoms with Gasteiger partial charge >= 0.3 is 0 Å². The Hall–Kier alpha value is -3.15. The molecule has 1 aliphatic rings. The Kier molecular flexibility index (Phi) is 9.47. The van der Waals surface area contributed by atoms with Crippen molar-refractivity contribution in [2.75, 3.05) is 25.0 Å². The molecule has 6 rings (SSSR count). The summed E-state index contributed by atoms with van der Waals surface area (Å²) < 4.78 is 13.4. The highest BCUT2D eigenvalue weighted by Gasteiger charge is 2.22. The number of hydrogen-bond donors (Lipinski definition) is 3. The molecule has 1 unspecified atom stereocenters. The number of anilines is 2. The Balaban J connectivity index is 0.00000176. The number of aromatic nitrogens is 4. The van der Waals surface area contributed by atoms with E-state index in [1.807, 2.05) is 47.2 Å². The molecule has 39 heavy (non-hydrogen) atoms. The van der Waals surface area contributed by atoms with Crippen LogP contribution in [0.3, 0.4) is 0 Å². The Morgan fingerprint density at radius 3 is 2.90 bits per heavy atom. The van der Waals surface area contributed by atoms with Crippen molar-refractivity contribution < 1.29 is 9.53 Å². The highest BCUT2D eigenvalue weighted by molar-refractivity contribution is 7.13. The summed E-state index contributed by atoms with van der Waals surface area (Å²) in [7, 11) is 0. The van der Waals surface area contributed by atoms with Crippen molar-refractivity contribution in [1.82, 2.24) is 29.5 Å². The van der Waals surface area contributed by atoms with Crippen LogP contribution >= 0.6 is 47.9 Å². The number of hydrogen-bond acceptors (Lipinski definition) is 8. The molecule has 4 heterocycles. The summed E-state index contributed by atoms with van der Waals surface area (Å²) in [6.45, 7) is 2.77. The minimum atomic E-state index is 0. The molecule has 0 aliphatic carbocycles. The Morgan fingerprint density at radius 2 is 2.08 bits per heavy atom. The third-order valence-electron chi connectivity index (χ3n) is 6.41. The van der Waals surface area contributed by atoms with Gasteiger partial charge in [0.1, 0.15) is 23.3 Å². The summed E-state index contributed by atoms with van der Waals surface area (Å²) in [6.07, 6.45) is 6.16. The van der Waals surface area contributed by atoms with Crippen LogP contribution in [0.5, 0.6) is 11.5 Å². The number of halogens is 3. The van der Waals surface area contributed by atoms with Crippen molar-refractivity contribution in [2.45, 2.75) is 13.0 Å². The van der Waals surface area contributed by atoms with E-state index >= 15 is 0 Å². The van der Waals surface area contributed by atoms with Crippen LogP contribution in [0.25, 0.3) is 21.1 Å². The second kappa shape index (κ2) is 12.8. The van der Waals surface area contributed by atoms with Crippen LogP contribution in [0.15, 0.2) is 61.2 Å². The monoisotopic (exact) mass is 605 g/mol. The summed E-state index contributed by atoms with van der Waals surface area (Å²) in [5, 5.41) is 11.0. The highest BCUT2D eigenvalue weighted by Crippen LogP contribution is 2.36. The van der Waals surface area contributed by atoms with Crippen LogP contribution in [0.2, 0.25) is 5.02 Å². The van der Waals surface area contributed by atoms with Gasteiger partial charge in [0.25, 0.3) is 0 Å². The van der Waals surface area contributed by atoms with Crippen molar-refractivity contribution in [3.8, 4) is 11.5 Å². The molecule has 0 radical (unpaired) electrons. The fourth-order valence-corrected chi connectivity index (χ4v) is 5.39. The lowest BCUT2D eigenvalue weighted by molar-refractivity contribution is -0.124. The summed E-state index contributed by atoms with van der Waals surface area (Å²) in [5.41, 5.74) is 2.43. The molecule has 5 aromatic rings. The first kappa shape index (κ1) is 28.8. The Morgan fingerprint density at radius 1 is 1.18 bits per heavy atom. The smallest absolute Gasteiger partial charge is 0.224 e. The minimum Gasteiger partial charge on any atom is -0.455 e. The van der Waals surface area contributed by atoms with Gasteiger partial charge in [0.15, 0.2) is 5.82 Å². The van der Waals surface area contributed by atoms with Crippen molar-refractivity contribution >= 4 is 86.5 Å². The molecule has 0 bridgehead atoms. The first-order valence-corrected chi connectivity index (χ1v) is 13.2. The van der Waals surface area contributed by atoms with Gasteiger partial charge in [-0.2, -0.15) is 4.37 Å². The molecule has 9 nitrogen and oxygen atoms in total. The van der Waals surface area contributed by atoms with Gasteiger partial charge in [-0.3, -0.25) is 4.79 Å². The molecular weight excluding hydrogens is 581 g/mol. The molecule has 0 saturated carbocycles. The van der Waals surface area contributed by atoms with Gasteiger partial charge in [0.2, 0.25) is 5.91 Å². The SMILES string of the molecule is Cl.Cl.O=C(NCCn1ccc2ncnc(Nc3ccc(Oc4cccc5sncc45)c(Cl)c3)c21)C1CCNC1. The van der Waals surface area contributed by atoms with Crippen LogP contribution in [0, 0.1) is 5.92 Å². The number of fused-ring (bicyclic) bond motifs is 2. The van der Waals surface area contributed by atoms with E-state index < -0.39 is 0 Å². The summed E-state index contributed by atoms with van der Waals surface area (Å²) >= 11 is 8.01. The molecule has 1 atom stereocenters. The summed E-state index contributed by atoms with van der Waals surface area (Å²) in [6, 6.07) is 13.3. The van der Waals surface area contributed by atoms with E-state index in [-0.39, 0.29) is 36.6 Å². The van der Waals surface area contributed by atoms with Crippen molar-refractivity contribution in [2.24, 2.45) is 5.92 Å². The van der Waals surface area contributed by atoms with Gasteiger partial charge < -0.3 is 25.3 Å². The maximum Gasteiger partial charge on any atom is 0.224 e. The van der Waals surface area contributed by atoms with E-state index in [0.29, 0.717) is 35.4 Å². The number of ether oxygens (including phenoxy) is 1. The number of carbonyl (C=O) groups is 1. The normalized spacial score (nSPS) is 14.5. The van der Waals surface area contributed by atoms with E-state index in [1.165, 1.54) is 17.9 Å². The average molecular weight is 607 g/mol. The van der Waals surface area contributed by atoms with E-state index in [9.17, 15) is 4.79 Å². The van der Waals surface area contributed by atoms with Gasteiger partial charge in [0, 0.05) is 31.5 Å².